The van der Waals surface area contributed by atoms with Gasteiger partial charge in [0, 0.05) is 31.8 Å². The van der Waals surface area contributed by atoms with E-state index in [1.54, 1.807) is 0 Å². The van der Waals surface area contributed by atoms with Gasteiger partial charge in [-0.15, -0.1) is 0 Å². The molecule has 1 aliphatic carbocycles. The number of hydrogen-bond donors (Lipinski definition) is 1. The first kappa shape index (κ1) is 15.4. The zero-order valence-corrected chi connectivity index (χ0v) is 12.2. The molecule has 0 amide bonds. The molecule has 5 nitrogen and oxygen atoms in total. The third kappa shape index (κ3) is 3.01. The molecule has 112 valence electrons. The van der Waals surface area contributed by atoms with E-state index in [1.165, 1.54) is 29.6 Å². The van der Waals surface area contributed by atoms with Gasteiger partial charge in [-0.1, -0.05) is 6.07 Å². The number of benzene rings is 1. The second-order valence-corrected chi connectivity index (χ2v) is 6.62. The summed E-state index contributed by atoms with van der Waals surface area (Å²) in [4.78, 5) is -0.0389. The Balaban J connectivity index is 2.40. The molecule has 2 N–H and O–H groups in total. The van der Waals surface area contributed by atoms with Gasteiger partial charge in [0.2, 0.25) is 10.0 Å². The molecule has 0 saturated heterocycles. The van der Waals surface area contributed by atoms with Crippen molar-refractivity contribution in [3.63, 3.8) is 0 Å². The van der Waals surface area contributed by atoms with E-state index >= 15 is 0 Å². The van der Waals surface area contributed by atoms with Gasteiger partial charge in [-0.2, -0.15) is 4.31 Å². The van der Waals surface area contributed by atoms with Crippen LogP contribution in [0, 0.1) is 5.82 Å². The highest BCUT2D eigenvalue weighted by atomic mass is 32.2. The lowest BCUT2D eigenvalue weighted by molar-refractivity contribution is 0.177. The topological polar surface area (TPSA) is 72.6 Å². The van der Waals surface area contributed by atoms with Crippen molar-refractivity contribution in [2.24, 2.45) is 5.73 Å². The van der Waals surface area contributed by atoms with Gasteiger partial charge in [0.25, 0.3) is 0 Å². The molecule has 1 aromatic rings. The maximum Gasteiger partial charge on any atom is 0.243 e. The summed E-state index contributed by atoms with van der Waals surface area (Å²) in [7, 11) is -2.22. The van der Waals surface area contributed by atoms with Crippen LogP contribution >= 0.6 is 0 Å². The van der Waals surface area contributed by atoms with Crippen LogP contribution in [0.25, 0.3) is 0 Å². The zero-order chi connectivity index (χ0) is 14.8. The summed E-state index contributed by atoms with van der Waals surface area (Å²) in [6.45, 7) is 0.428. The van der Waals surface area contributed by atoms with Crippen LogP contribution in [0.2, 0.25) is 0 Å². The Kier molecular flexibility index (Phi) is 4.74. The molecule has 0 atom stereocenters. The molecule has 0 aliphatic heterocycles. The number of rotatable bonds is 7. The maximum absolute atomic E-state index is 13.7. The molecule has 0 bridgehead atoms. The Morgan fingerprint density at radius 3 is 2.70 bits per heavy atom. The number of halogens is 1. The highest BCUT2D eigenvalue weighted by Crippen LogP contribution is 2.33. The van der Waals surface area contributed by atoms with Crippen molar-refractivity contribution in [2.45, 2.75) is 30.3 Å². The fourth-order valence-electron chi connectivity index (χ4n) is 2.15. The Morgan fingerprint density at radius 1 is 1.45 bits per heavy atom. The van der Waals surface area contributed by atoms with Crippen LogP contribution in [-0.2, 0) is 21.3 Å². The van der Waals surface area contributed by atoms with Crippen molar-refractivity contribution in [3.05, 3.63) is 29.6 Å². The molecule has 1 fully saturated rings. The molecule has 0 unspecified atom stereocenters. The van der Waals surface area contributed by atoms with Crippen LogP contribution in [-0.4, -0.2) is 39.0 Å². The van der Waals surface area contributed by atoms with Crippen LogP contribution in [0.5, 0.6) is 0 Å². The minimum Gasteiger partial charge on any atom is -0.383 e. The minimum atomic E-state index is -3.74. The SMILES string of the molecule is COCCN(C1CC1)S(=O)(=O)c1cccc(F)c1CN. The van der Waals surface area contributed by atoms with E-state index < -0.39 is 15.8 Å². The summed E-state index contributed by atoms with van der Waals surface area (Å²) in [5.74, 6) is -0.587. The standard InChI is InChI=1S/C13H19FN2O3S/c1-19-8-7-16(10-5-6-10)20(17,18)13-4-2-3-12(14)11(13)9-15/h2-4,10H,5-9,15H2,1H3. The third-order valence-corrected chi connectivity index (χ3v) is 5.37. The monoisotopic (exact) mass is 302 g/mol. The summed E-state index contributed by atoms with van der Waals surface area (Å²) in [6, 6.07) is 4.01. The van der Waals surface area contributed by atoms with E-state index in [0.717, 1.165) is 12.8 Å². The third-order valence-electron chi connectivity index (χ3n) is 3.34. The highest BCUT2D eigenvalue weighted by molar-refractivity contribution is 7.89. The van der Waals surface area contributed by atoms with Crippen LogP contribution < -0.4 is 5.73 Å². The van der Waals surface area contributed by atoms with E-state index in [2.05, 4.69) is 0 Å². The molecule has 1 saturated carbocycles. The van der Waals surface area contributed by atoms with E-state index in [4.69, 9.17) is 10.5 Å². The summed E-state index contributed by atoms with van der Waals surface area (Å²) in [6.07, 6.45) is 1.66. The molecular weight excluding hydrogens is 283 g/mol. The van der Waals surface area contributed by atoms with Gasteiger partial charge >= 0.3 is 0 Å². The van der Waals surface area contributed by atoms with Crippen LogP contribution in [0.1, 0.15) is 18.4 Å². The minimum absolute atomic E-state index is 0.0101. The molecule has 0 aromatic heterocycles. The largest absolute Gasteiger partial charge is 0.383 e. The van der Waals surface area contributed by atoms with Crippen molar-refractivity contribution in [3.8, 4) is 0 Å². The van der Waals surface area contributed by atoms with Crippen molar-refractivity contribution < 1.29 is 17.5 Å². The average Bonchev–Trinajstić information content (AvgIpc) is 3.23. The van der Waals surface area contributed by atoms with E-state index in [1.807, 2.05) is 0 Å². The molecule has 1 aliphatic rings. The predicted octanol–water partition coefficient (Wildman–Crippen LogP) is 1.08. The lowest BCUT2D eigenvalue weighted by Gasteiger charge is -2.23. The Bertz CT molecular complexity index is 573. The van der Waals surface area contributed by atoms with E-state index in [0.29, 0.717) is 6.61 Å². The van der Waals surface area contributed by atoms with Crippen LogP contribution in [0.4, 0.5) is 4.39 Å². The van der Waals surface area contributed by atoms with Gasteiger partial charge in [-0.05, 0) is 25.0 Å². The molecule has 1 aromatic carbocycles. The second-order valence-electron chi connectivity index (χ2n) is 4.76. The fourth-order valence-corrected chi connectivity index (χ4v) is 4.06. The van der Waals surface area contributed by atoms with E-state index in [-0.39, 0.29) is 29.6 Å². The zero-order valence-electron chi connectivity index (χ0n) is 11.4. The molecule has 20 heavy (non-hydrogen) atoms. The number of sulfonamides is 1. The number of ether oxygens (including phenoxy) is 1. The number of nitrogens with zero attached hydrogens (tertiary/aromatic N) is 1. The Morgan fingerprint density at radius 2 is 2.15 bits per heavy atom. The lowest BCUT2D eigenvalue weighted by Crippen LogP contribution is -2.36. The normalized spacial score (nSPS) is 15.8. The Hall–Kier alpha value is -1.02. The molecular formula is C13H19FN2O3S. The lowest BCUT2D eigenvalue weighted by atomic mass is 10.2. The maximum atomic E-state index is 13.7. The molecule has 2 rings (SSSR count). The highest BCUT2D eigenvalue weighted by Gasteiger charge is 2.38. The van der Waals surface area contributed by atoms with Crippen molar-refractivity contribution in [1.29, 1.82) is 0 Å². The van der Waals surface area contributed by atoms with Gasteiger partial charge in [-0.25, -0.2) is 12.8 Å². The van der Waals surface area contributed by atoms with Crippen molar-refractivity contribution in [1.82, 2.24) is 4.31 Å². The number of methoxy groups -OCH3 is 1. The van der Waals surface area contributed by atoms with Crippen molar-refractivity contribution in [2.75, 3.05) is 20.3 Å². The molecule has 0 radical (unpaired) electrons. The molecule has 0 heterocycles. The van der Waals surface area contributed by atoms with E-state index in [9.17, 15) is 12.8 Å². The first-order valence-electron chi connectivity index (χ1n) is 6.50. The molecule has 7 heteroatoms. The summed E-state index contributed by atoms with van der Waals surface area (Å²) in [5.41, 5.74) is 5.53. The fraction of sp³-hybridized carbons (Fsp3) is 0.538. The van der Waals surface area contributed by atoms with Crippen LogP contribution in [0.15, 0.2) is 23.1 Å². The smallest absolute Gasteiger partial charge is 0.243 e. The van der Waals surface area contributed by atoms with Gasteiger partial charge in [0.05, 0.1) is 11.5 Å². The van der Waals surface area contributed by atoms with Crippen molar-refractivity contribution >= 4 is 10.0 Å². The van der Waals surface area contributed by atoms with Gasteiger partial charge in [0.15, 0.2) is 0 Å². The van der Waals surface area contributed by atoms with Crippen LogP contribution in [0.3, 0.4) is 0 Å². The van der Waals surface area contributed by atoms with Gasteiger partial charge in [0.1, 0.15) is 5.82 Å². The first-order chi connectivity index (χ1) is 9.52. The number of hydrogen-bond acceptors (Lipinski definition) is 4. The summed E-state index contributed by atoms with van der Waals surface area (Å²) < 4.78 is 45.5. The quantitative estimate of drug-likeness (QED) is 0.818. The average molecular weight is 302 g/mol. The van der Waals surface area contributed by atoms with Gasteiger partial charge in [-0.3, -0.25) is 0 Å². The predicted molar refractivity (Wildman–Crippen MR) is 73.1 cm³/mol. The van der Waals surface area contributed by atoms with Gasteiger partial charge < -0.3 is 10.5 Å². The summed E-state index contributed by atoms with van der Waals surface area (Å²) in [5, 5.41) is 0. The first-order valence-corrected chi connectivity index (χ1v) is 7.94. The number of nitrogens with two attached hydrogens (primary N) is 1. The molecule has 0 spiro atoms. The summed E-state index contributed by atoms with van der Waals surface area (Å²) >= 11 is 0. The Labute approximate surface area is 118 Å². The second kappa shape index (κ2) is 6.17.